The lowest BCUT2D eigenvalue weighted by Crippen LogP contribution is -2.59. The van der Waals surface area contributed by atoms with E-state index in [2.05, 4.69) is 44.9 Å². The lowest BCUT2D eigenvalue weighted by molar-refractivity contribution is -0.113. The number of rotatable bonds is 3. The molecule has 0 aromatic rings. The van der Waals surface area contributed by atoms with E-state index in [9.17, 15) is 5.11 Å². The van der Waals surface area contributed by atoms with Crippen LogP contribution >= 0.6 is 0 Å². The Balaban J connectivity index is 2.12. The van der Waals surface area contributed by atoms with E-state index in [4.69, 9.17) is 0 Å². The Morgan fingerprint density at radius 2 is 2.00 bits per heavy atom. The molecule has 0 saturated heterocycles. The summed E-state index contributed by atoms with van der Waals surface area (Å²) in [6.07, 6.45) is 9.19. The van der Waals surface area contributed by atoms with E-state index in [1.807, 2.05) is 0 Å². The molecular weight excluding hydrogens is 210 g/mol. The Labute approximate surface area is 106 Å². The van der Waals surface area contributed by atoms with Crippen molar-refractivity contribution in [3.05, 3.63) is 12.2 Å². The van der Waals surface area contributed by atoms with E-state index in [1.54, 1.807) is 0 Å². The maximum atomic E-state index is 10.9. The third-order valence-electron chi connectivity index (χ3n) is 4.97. The molecule has 2 rings (SSSR count). The van der Waals surface area contributed by atoms with Gasteiger partial charge >= 0.3 is 0 Å². The van der Waals surface area contributed by atoms with Crippen LogP contribution in [0.5, 0.6) is 0 Å². The third kappa shape index (κ3) is 2.30. The van der Waals surface area contributed by atoms with Crippen molar-refractivity contribution in [2.75, 3.05) is 7.05 Å². The molecular formula is C15H27NO. The van der Waals surface area contributed by atoms with Crippen LogP contribution in [0.3, 0.4) is 0 Å². The van der Waals surface area contributed by atoms with Crippen molar-refractivity contribution in [1.82, 2.24) is 4.90 Å². The summed E-state index contributed by atoms with van der Waals surface area (Å²) in [5.74, 6) is 1.01. The molecule has 0 amide bonds. The van der Waals surface area contributed by atoms with E-state index in [-0.39, 0.29) is 0 Å². The van der Waals surface area contributed by atoms with Gasteiger partial charge in [0.05, 0.1) is 5.60 Å². The highest BCUT2D eigenvalue weighted by Gasteiger charge is 2.46. The van der Waals surface area contributed by atoms with Crippen molar-refractivity contribution in [1.29, 1.82) is 0 Å². The summed E-state index contributed by atoms with van der Waals surface area (Å²) in [7, 11) is 2.18. The van der Waals surface area contributed by atoms with Gasteiger partial charge in [0.25, 0.3) is 0 Å². The SMILES string of the molecule is CC(C)C1CCCC(N(C)C2C=CC2)C1(C)O. The molecule has 4 unspecified atom stereocenters. The van der Waals surface area contributed by atoms with E-state index in [1.165, 1.54) is 12.8 Å². The minimum Gasteiger partial charge on any atom is -0.388 e. The molecule has 1 fully saturated rings. The first-order valence-electron chi connectivity index (χ1n) is 7.05. The maximum Gasteiger partial charge on any atom is 0.0804 e. The highest BCUT2D eigenvalue weighted by molar-refractivity contribution is 5.11. The van der Waals surface area contributed by atoms with Crippen molar-refractivity contribution in [2.24, 2.45) is 11.8 Å². The minimum absolute atomic E-state index is 0.318. The number of aliphatic hydroxyl groups is 1. The first kappa shape index (κ1) is 13.1. The topological polar surface area (TPSA) is 23.5 Å². The molecule has 2 heteroatoms. The van der Waals surface area contributed by atoms with Gasteiger partial charge in [-0.05, 0) is 45.1 Å². The summed E-state index contributed by atoms with van der Waals surface area (Å²) >= 11 is 0. The van der Waals surface area contributed by atoms with Crippen molar-refractivity contribution in [2.45, 2.75) is 64.1 Å². The van der Waals surface area contributed by atoms with Crippen molar-refractivity contribution < 1.29 is 5.11 Å². The van der Waals surface area contributed by atoms with Gasteiger partial charge < -0.3 is 5.11 Å². The van der Waals surface area contributed by atoms with Crippen molar-refractivity contribution in [3.8, 4) is 0 Å². The molecule has 0 radical (unpaired) electrons. The average molecular weight is 237 g/mol. The fourth-order valence-electron chi connectivity index (χ4n) is 3.78. The Morgan fingerprint density at radius 3 is 2.47 bits per heavy atom. The van der Waals surface area contributed by atoms with Crippen LogP contribution in [0.2, 0.25) is 0 Å². The smallest absolute Gasteiger partial charge is 0.0804 e. The molecule has 17 heavy (non-hydrogen) atoms. The van der Waals surface area contributed by atoms with E-state index in [0.717, 1.165) is 12.8 Å². The highest BCUT2D eigenvalue weighted by Crippen LogP contribution is 2.41. The fourth-order valence-corrected chi connectivity index (χ4v) is 3.78. The third-order valence-corrected chi connectivity index (χ3v) is 4.97. The molecule has 2 nitrogen and oxygen atoms in total. The Morgan fingerprint density at radius 1 is 1.35 bits per heavy atom. The second-order valence-electron chi connectivity index (χ2n) is 6.42. The molecule has 0 bridgehead atoms. The van der Waals surface area contributed by atoms with Crippen LogP contribution in [0.25, 0.3) is 0 Å². The first-order chi connectivity index (χ1) is 7.94. The van der Waals surface area contributed by atoms with E-state index in [0.29, 0.717) is 23.9 Å². The largest absolute Gasteiger partial charge is 0.388 e. The predicted molar refractivity (Wildman–Crippen MR) is 71.9 cm³/mol. The van der Waals surface area contributed by atoms with Crippen LogP contribution in [0.4, 0.5) is 0 Å². The first-order valence-corrected chi connectivity index (χ1v) is 7.05. The molecule has 2 aliphatic carbocycles. The van der Waals surface area contributed by atoms with Gasteiger partial charge in [0.2, 0.25) is 0 Å². The van der Waals surface area contributed by atoms with Crippen LogP contribution < -0.4 is 0 Å². The zero-order valence-corrected chi connectivity index (χ0v) is 11.7. The number of hydrogen-bond donors (Lipinski definition) is 1. The van der Waals surface area contributed by atoms with Crippen LogP contribution in [0.1, 0.15) is 46.5 Å². The summed E-state index contributed by atoms with van der Waals surface area (Å²) in [5.41, 5.74) is -0.537. The van der Waals surface area contributed by atoms with Crippen LogP contribution in [-0.4, -0.2) is 34.7 Å². The summed E-state index contributed by atoms with van der Waals surface area (Å²) in [6.45, 7) is 6.54. The van der Waals surface area contributed by atoms with Crippen LogP contribution in [0, 0.1) is 11.8 Å². The molecule has 0 aromatic carbocycles. The summed E-state index contributed by atoms with van der Waals surface area (Å²) in [6, 6.07) is 0.871. The van der Waals surface area contributed by atoms with Gasteiger partial charge in [-0.15, -0.1) is 0 Å². The summed E-state index contributed by atoms with van der Waals surface area (Å²) in [4.78, 5) is 2.40. The molecule has 1 saturated carbocycles. The van der Waals surface area contributed by atoms with Gasteiger partial charge in [-0.25, -0.2) is 0 Å². The quantitative estimate of drug-likeness (QED) is 0.763. The Kier molecular flexibility index (Phi) is 3.65. The second kappa shape index (κ2) is 4.74. The normalized spacial score (nSPS) is 41.9. The van der Waals surface area contributed by atoms with Gasteiger partial charge in [0, 0.05) is 12.1 Å². The molecule has 1 N–H and O–H groups in total. The Bertz CT molecular complexity index is 295. The Hall–Kier alpha value is -0.340. The standard InChI is InChI=1S/C15H27NO/c1-11(2)13-9-6-10-14(15(13,3)17)16(4)12-7-5-8-12/h5,7,11-14,17H,6,8-10H2,1-4H3. The van der Waals surface area contributed by atoms with Gasteiger partial charge in [0.1, 0.15) is 0 Å². The van der Waals surface area contributed by atoms with Gasteiger partial charge in [0.15, 0.2) is 0 Å². The highest BCUT2D eigenvalue weighted by atomic mass is 16.3. The molecule has 2 aliphatic rings. The van der Waals surface area contributed by atoms with Gasteiger partial charge in [-0.3, -0.25) is 4.90 Å². The van der Waals surface area contributed by atoms with Crippen molar-refractivity contribution >= 4 is 0 Å². The number of likely N-dealkylation sites (N-methyl/N-ethyl adjacent to an activating group) is 1. The zero-order valence-electron chi connectivity index (χ0n) is 11.7. The van der Waals surface area contributed by atoms with Gasteiger partial charge in [-0.2, -0.15) is 0 Å². The number of hydrogen-bond acceptors (Lipinski definition) is 2. The molecule has 0 aliphatic heterocycles. The van der Waals surface area contributed by atoms with Gasteiger partial charge in [-0.1, -0.05) is 32.4 Å². The minimum atomic E-state index is -0.537. The number of nitrogens with zero attached hydrogens (tertiary/aromatic N) is 1. The fraction of sp³-hybridized carbons (Fsp3) is 0.867. The molecule has 0 heterocycles. The van der Waals surface area contributed by atoms with Crippen LogP contribution in [-0.2, 0) is 0 Å². The van der Waals surface area contributed by atoms with E-state index < -0.39 is 5.60 Å². The molecule has 0 aromatic heterocycles. The molecule has 98 valence electrons. The van der Waals surface area contributed by atoms with Crippen molar-refractivity contribution in [3.63, 3.8) is 0 Å². The summed E-state index contributed by atoms with van der Waals surface area (Å²) < 4.78 is 0. The summed E-state index contributed by atoms with van der Waals surface area (Å²) in [5, 5.41) is 10.9. The predicted octanol–water partition coefficient (Wildman–Crippen LogP) is 2.82. The van der Waals surface area contributed by atoms with E-state index >= 15 is 0 Å². The zero-order chi connectivity index (χ0) is 12.6. The lowest BCUT2D eigenvalue weighted by Gasteiger charge is -2.51. The maximum absolute atomic E-state index is 10.9. The monoisotopic (exact) mass is 237 g/mol. The molecule has 0 spiro atoms. The van der Waals surface area contributed by atoms with Crippen LogP contribution in [0.15, 0.2) is 12.2 Å². The second-order valence-corrected chi connectivity index (χ2v) is 6.42. The average Bonchev–Trinajstić information content (AvgIpc) is 2.12. The lowest BCUT2D eigenvalue weighted by atomic mass is 9.67. The molecule has 4 atom stereocenters.